The standard InChI is InChI=1S/C23H24F3N5O2/c1-14-3-5-15(6-4-14)18-13-19(29-22(32)20(18)21(30-27)31-28)16-7-9-17(10-8-16)33-12-2-11-23(24,25)26/h3-10,13H,2,11-12,27-28H2,1H3,(H,29,32)(H,30,31). The Morgan fingerprint density at radius 2 is 1.73 bits per heavy atom. The van der Waals surface area contributed by atoms with Crippen LogP contribution < -0.4 is 27.4 Å². The minimum atomic E-state index is -4.20. The predicted molar refractivity (Wildman–Crippen MR) is 122 cm³/mol. The normalized spacial score (nSPS) is 12.0. The van der Waals surface area contributed by atoms with Gasteiger partial charge in [-0.05, 0) is 54.8 Å². The van der Waals surface area contributed by atoms with E-state index in [0.29, 0.717) is 22.6 Å². The van der Waals surface area contributed by atoms with Crippen molar-refractivity contribution < 1.29 is 17.9 Å². The van der Waals surface area contributed by atoms with Crippen LogP contribution in [0.3, 0.4) is 0 Å². The molecule has 0 aliphatic rings. The van der Waals surface area contributed by atoms with Gasteiger partial charge in [0.05, 0.1) is 12.2 Å². The fourth-order valence-electron chi connectivity index (χ4n) is 3.28. The number of hydrazine groups is 1. The van der Waals surface area contributed by atoms with Crippen molar-refractivity contribution in [2.24, 2.45) is 16.8 Å². The number of benzene rings is 2. The number of ether oxygens (including phenoxy) is 1. The van der Waals surface area contributed by atoms with E-state index in [9.17, 15) is 18.0 Å². The molecule has 0 aliphatic carbocycles. The zero-order valence-electron chi connectivity index (χ0n) is 17.9. The fourth-order valence-corrected chi connectivity index (χ4v) is 3.28. The van der Waals surface area contributed by atoms with Crippen molar-refractivity contribution in [3.63, 3.8) is 0 Å². The lowest BCUT2D eigenvalue weighted by Gasteiger charge is -2.14. The van der Waals surface area contributed by atoms with Gasteiger partial charge in [0.15, 0.2) is 5.84 Å². The molecule has 3 rings (SSSR count). The van der Waals surface area contributed by atoms with Gasteiger partial charge < -0.3 is 21.0 Å². The van der Waals surface area contributed by atoms with E-state index >= 15 is 0 Å². The van der Waals surface area contributed by atoms with Crippen LogP contribution >= 0.6 is 0 Å². The summed E-state index contributed by atoms with van der Waals surface area (Å²) in [6.07, 6.45) is -5.22. The number of aromatic amines is 1. The molecule has 174 valence electrons. The number of hydrogen-bond acceptors (Lipinski definition) is 5. The van der Waals surface area contributed by atoms with E-state index in [4.69, 9.17) is 16.4 Å². The zero-order chi connectivity index (χ0) is 24.0. The maximum Gasteiger partial charge on any atom is 0.389 e. The largest absolute Gasteiger partial charge is 0.494 e. The van der Waals surface area contributed by atoms with Crippen LogP contribution in [0.2, 0.25) is 0 Å². The molecular formula is C23H24F3N5O2. The Bertz CT molecular complexity index is 1170. The summed E-state index contributed by atoms with van der Waals surface area (Å²) in [6, 6.07) is 16.1. The lowest BCUT2D eigenvalue weighted by molar-refractivity contribution is -0.136. The zero-order valence-corrected chi connectivity index (χ0v) is 17.9. The quantitative estimate of drug-likeness (QED) is 0.141. The first-order chi connectivity index (χ1) is 15.7. The van der Waals surface area contributed by atoms with Gasteiger partial charge in [0.25, 0.3) is 5.56 Å². The van der Waals surface area contributed by atoms with Crippen molar-refractivity contribution in [2.75, 3.05) is 6.61 Å². The Morgan fingerprint density at radius 3 is 2.30 bits per heavy atom. The number of hydrogen-bond donors (Lipinski definition) is 4. The van der Waals surface area contributed by atoms with Crippen LogP contribution in [0, 0.1) is 6.92 Å². The molecule has 2 aromatic carbocycles. The summed E-state index contributed by atoms with van der Waals surface area (Å²) in [6.45, 7) is 1.91. The monoisotopic (exact) mass is 459 g/mol. The summed E-state index contributed by atoms with van der Waals surface area (Å²) in [4.78, 5) is 15.7. The maximum atomic E-state index is 13.0. The molecule has 6 N–H and O–H groups in total. The molecular weight excluding hydrogens is 435 g/mol. The van der Waals surface area contributed by atoms with E-state index in [0.717, 1.165) is 11.1 Å². The Labute approximate surface area is 188 Å². The Balaban J connectivity index is 1.92. The number of nitrogens with zero attached hydrogens (tertiary/aromatic N) is 1. The third kappa shape index (κ3) is 6.13. The molecule has 1 aromatic heterocycles. The summed E-state index contributed by atoms with van der Waals surface area (Å²) >= 11 is 0. The number of amidine groups is 1. The molecule has 0 unspecified atom stereocenters. The molecule has 10 heteroatoms. The first kappa shape index (κ1) is 23.9. The fraction of sp³-hybridized carbons (Fsp3) is 0.217. The van der Waals surface area contributed by atoms with Gasteiger partial charge in [-0.15, -0.1) is 0 Å². The number of rotatable bonds is 7. The van der Waals surface area contributed by atoms with Crippen LogP contribution in [0.1, 0.15) is 24.0 Å². The summed E-state index contributed by atoms with van der Waals surface area (Å²) in [7, 11) is 0. The molecule has 3 aromatic rings. The number of alkyl halides is 3. The predicted octanol–water partition coefficient (Wildman–Crippen LogP) is 3.82. The van der Waals surface area contributed by atoms with E-state index < -0.39 is 18.2 Å². The number of hydrazone groups is 1. The molecule has 0 atom stereocenters. The Morgan fingerprint density at radius 1 is 1.09 bits per heavy atom. The van der Waals surface area contributed by atoms with E-state index in [-0.39, 0.29) is 24.4 Å². The van der Waals surface area contributed by atoms with Crippen molar-refractivity contribution in [3.05, 3.63) is 76.1 Å². The van der Waals surface area contributed by atoms with Crippen molar-refractivity contribution in [1.29, 1.82) is 0 Å². The van der Waals surface area contributed by atoms with Crippen LogP contribution in [0.25, 0.3) is 22.4 Å². The second-order valence-electron chi connectivity index (χ2n) is 7.38. The summed E-state index contributed by atoms with van der Waals surface area (Å²) in [5.41, 5.74) is 5.70. The Kier molecular flexibility index (Phi) is 7.39. The highest BCUT2D eigenvalue weighted by atomic mass is 19.4. The molecule has 0 bridgehead atoms. The minimum absolute atomic E-state index is 0.0287. The topological polar surface area (TPSA) is 119 Å². The van der Waals surface area contributed by atoms with Gasteiger partial charge >= 0.3 is 6.18 Å². The number of pyridine rings is 1. The molecule has 1 heterocycles. The lowest BCUT2D eigenvalue weighted by atomic mass is 9.97. The number of H-pyrrole nitrogens is 1. The average molecular weight is 459 g/mol. The van der Waals surface area contributed by atoms with Gasteiger partial charge in [0, 0.05) is 17.7 Å². The van der Waals surface area contributed by atoms with E-state index in [1.54, 1.807) is 30.3 Å². The molecule has 0 fully saturated rings. The van der Waals surface area contributed by atoms with Crippen molar-refractivity contribution >= 4 is 5.84 Å². The molecule has 0 aliphatic heterocycles. The molecule has 0 amide bonds. The summed E-state index contributed by atoms with van der Waals surface area (Å²) in [5.74, 6) is 11.4. The molecule has 0 radical (unpaired) electrons. The lowest BCUT2D eigenvalue weighted by Crippen LogP contribution is -2.36. The van der Waals surface area contributed by atoms with E-state index in [1.165, 1.54) is 0 Å². The maximum absolute atomic E-state index is 13.0. The smallest absolute Gasteiger partial charge is 0.389 e. The van der Waals surface area contributed by atoms with Crippen molar-refractivity contribution in [3.8, 4) is 28.1 Å². The first-order valence-electron chi connectivity index (χ1n) is 10.1. The number of nitrogens with two attached hydrogens (primary N) is 2. The number of halogens is 3. The third-order valence-electron chi connectivity index (χ3n) is 4.94. The van der Waals surface area contributed by atoms with Gasteiger partial charge in [0.2, 0.25) is 0 Å². The SMILES string of the molecule is Cc1ccc(-c2cc(-c3ccc(OCCCC(F)(F)F)cc3)[nH]c(=O)c2/C(=N/N)NN)cc1. The second-order valence-corrected chi connectivity index (χ2v) is 7.38. The Hall–Kier alpha value is -3.79. The highest BCUT2D eigenvalue weighted by Crippen LogP contribution is 2.28. The third-order valence-corrected chi connectivity index (χ3v) is 4.94. The number of nitrogens with one attached hydrogen (secondary N) is 2. The van der Waals surface area contributed by atoms with Crippen molar-refractivity contribution in [2.45, 2.75) is 25.9 Å². The molecule has 7 nitrogen and oxygen atoms in total. The van der Waals surface area contributed by atoms with Crippen LogP contribution in [0.15, 0.2) is 64.5 Å². The van der Waals surface area contributed by atoms with Crippen LogP contribution in [0.4, 0.5) is 13.2 Å². The average Bonchev–Trinajstić information content (AvgIpc) is 2.78. The number of aryl methyl sites for hydroxylation is 1. The van der Waals surface area contributed by atoms with Crippen LogP contribution in [0.5, 0.6) is 5.75 Å². The van der Waals surface area contributed by atoms with Gasteiger partial charge in [-0.1, -0.05) is 29.8 Å². The first-order valence-corrected chi connectivity index (χ1v) is 10.1. The highest BCUT2D eigenvalue weighted by molar-refractivity contribution is 6.04. The van der Waals surface area contributed by atoms with Gasteiger partial charge in [-0.3, -0.25) is 4.79 Å². The van der Waals surface area contributed by atoms with E-state index in [1.807, 2.05) is 31.2 Å². The van der Waals surface area contributed by atoms with Gasteiger partial charge in [-0.2, -0.15) is 18.3 Å². The molecule has 33 heavy (non-hydrogen) atoms. The van der Waals surface area contributed by atoms with Gasteiger partial charge in [0.1, 0.15) is 5.75 Å². The second kappa shape index (κ2) is 10.2. The molecule has 0 spiro atoms. The summed E-state index contributed by atoms with van der Waals surface area (Å²) in [5, 5.41) is 3.58. The van der Waals surface area contributed by atoms with Crippen LogP contribution in [-0.2, 0) is 0 Å². The van der Waals surface area contributed by atoms with Gasteiger partial charge in [-0.25, -0.2) is 5.84 Å². The van der Waals surface area contributed by atoms with Crippen molar-refractivity contribution in [1.82, 2.24) is 10.4 Å². The van der Waals surface area contributed by atoms with E-state index in [2.05, 4.69) is 15.5 Å². The summed E-state index contributed by atoms with van der Waals surface area (Å²) < 4.78 is 42.1. The van der Waals surface area contributed by atoms with Crippen LogP contribution in [-0.4, -0.2) is 23.6 Å². The molecule has 0 saturated carbocycles. The highest BCUT2D eigenvalue weighted by Gasteiger charge is 2.26. The minimum Gasteiger partial charge on any atom is -0.494 e. The number of aromatic nitrogens is 1. The molecule has 0 saturated heterocycles.